The van der Waals surface area contributed by atoms with E-state index in [1.165, 1.54) is 0 Å². The fraction of sp³-hybridized carbons (Fsp3) is 0.500. The third-order valence-corrected chi connectivity index (χ3v) is 3.31. The average molecular weight is 304 g/mol. The van der Waals surface area contributed by atoms with Crippen LogP contribution in [0.25, 0.3) is 0 Å². The largest absolute Gasteiger partial charge is 0.481 e. The Balaban J connectivity index is 2.71. The van der Waals surface area contributed by atoms with Crippen LogP contribution in [0.15, 0.2) is 24.3 Å². The summed E-state index contributed by atoms with van der Waals surface area (Å²) in [7, 11) is 0. The molecule has 1 rings (SSSR count). The van der Waals surface area contributed by atoms with Crippen molar-refractivity contribution < 1.29 is 9.90 Å². The molecule has 106 valence electrons. The lowest BCUT2D eigenvalue weighted by atomic mass is 10.0. The minimum atomic E-state index is -0.769. The summed E-state index contributed by atoms with van der Waals surface area (Å²) in [5, 5.41) is 8.89. The van der Waals surface area contributed by atoms with E-state index in [0.717, 1.165) is 24.3 Å². The predicted molar refractivity (Wildman–Crippen MR) is 80.6 cm³/mol. The van der Waals surface area contributed by atoms with Crippen molar-refractivity contribution in [1.29, 1.82) is 0 Å². The van der Waals surface area contributed by atoms with Gasteiger partial charge in [-0.2, -0.15) is 0 Å². The van der Waals surface area contributed by atoms with Crippen LogP contribution in [0.5, 0.6) is 0 Å². The Morgan fingerprint density at radius 1 is 1.21 bits per heavy atom. The first kappa shape index (κ1) is 16.1. The molecule has 0 aliphatic rings. The van der Waals surface area contributed by atoms with Crippen molar-refractivity contribution in [2.75, 3.05) is 29.7 Å². The van der Waals surface area contributed by atoms with Gasteiger partial charge < -0.3 is 10.0 Å². The summed E-state index contributed by atoms with van der Waals surface area (Å²) < 4.78 is 0. The lowest BCUT2D eigenvalue weighted by molar-refractivity contribution is -0.141. The van der Waals surface area contributed by atoms with Crippen LogP contribution in [-0.2, 0) is 11.2 Å². The molecule has 1 atom stereocenters. The number of aliphatic carboxylic acids is 1. The van der Waals surface area contributed by atoms with Gasteiger partial charge in [0, 0.05) is 30.5 Å². The molecule has 0 fully saturated rings. The third kappa shape index (κ3) is 5.29. The van der Waals surface area contributed by atoms with Crippen LogP contribution < -0.4 is 4.90 Å². The van der Waals surface area contributed by atoms with E-state index in [-0.39, 0.29) is 5.92 Å². The van der Waals surface area contributed by atoms with Crippen LogP contribution in [0.4, 0.5) is 5.69 Å². The van der Waals surface area contributed by atoms with Gasteiger partial charge in [-0.3, -0.25) is 4.79 Å². The van der Waals surface area contributed by atoms with Crippen molar-refractivity contribution in [3.8, 4) is 0 Å². The summed E-state index contributed by atoms with van der Waals surface area (Å²) in [6.07, 6.45) is 0.542. The fourth-order valence-corrected chi connectivity index (χ4v) is 2.27. The van der Waals surface area contributed by atoms with Gasteiger partial charge in [0.2, 0.25) is 0 Å². The van der Waals surface area contributed by atoms with Gasteiger partial charge in [0.25, 0.3) is 0 Å². The molecule has 0 aliphatic heterocycles. The Kier molecular flexibility index (Phi) is 7.03. The number of alkyl halides is 2. The monoisotopic (exact) mass is 303 g/mol. The minimum Gasteiger partial charge on any atom is -0.481 e. The second-order valence-corrected chi connectivity index (χ2v) is 5.23. The molecule has 0 aromatic heterocycles. The predicted octanol–water partition coefficient (Wildman–Crippen LogP) is 3.23. The number of anilines is 1. The summed E-state index contributed by atoms with van der Waals surface area (Å²) in [5.41, 5.74) is 2.09. The number of carboxylic acid groups (broad SMARTS) is 1. The molecule has 5 heteroatoms. The number of halogens is 2. The highest BCUT2D eigenvalue weighted by molar-refractivity contribution is 6.18. The third-order valence-electron chi connectivity index (χ3n) is 2.97. The first-order valence-electron chi connectivity index (χ1n) is 6.27. The van der Waals surface area contributed by atoms with E-state index in [4.69, 9.17) is 28.3 Å². The lowest BCUT2D eigenvalue weighted by Crippen LogP contribution is -2.27. The van der Waals surface area contributed by atoms with Crippen molar-refractivity contribution in [3.63, 3.8) is 0 Å². The van der Waals surface area contributed by atoms with Crippen LogP contribution in [0, 0.1) is 5.92 Å². The van der Waals surface area contributed by atoms with Gasteiger partial charge in [-0.25, -0.2) is 0 Å². The maximum Gasteiger partial charge on any atom is 0.306 e. The Labute approximate surface area is 124 Å². The number of hydrogen-bond acceptors (Lipinski definition) is 2. The van der Waals surface area contributed by atoms with E-state index in [1.807, 2.05) is 24.3 Å². The Bertz CT molecular complexity index is 389. The van der Waals surface area contributed by atoms with E-state index in [9.17, 15) is 4.79 Å². The molecule has 1 aromatic carbocycles. The van der Waals surface area contributed by atoms with Gasteiger partial charge in [-0.15, -0.1) is 23.2 Å². The molecule has 0 saturated heterocycles. The highest BCUT2D eigenvalue weighted by Gasteiger charge is 2.12. The smallest absolute Gasteiger partial charge is 0.306 e. The maximum absolute atomic E-state index is 10.8. The standard InChI is InChI=1S/C14H19Cl2NO2/c1-11(14(18)19)10-12-2-4-13(5-3-12)17(8-6-15)9-7-16/h2-5,11H,6-10H2,1H3,(H,18,19)/t11-/m0/s1. The summed E-state index contributed by atoms with van der Waals surface area (Å²) in [6.45, 7) is 3.21. The molecule has 1 aromatic rings. The van der Waals surface area contributed by atoms with E-state index in [2.05, 4.69) is 4.90 Å². The fourth-order valence-electron chi connectivity index (χ4n) is 1.86. The Morgan fingerprint density at radius 2 is 1.74 bits per heavy atom. The van der Waals surface area contributed by atoms with Crippen molar-refractivity contribution >= 4 is 34.9 Å². The van der Waals surface area contributed by atoms with Gasteiger partial charge >= 0.3 is 5.97 Å². The van der Waals surface area contributed by atoms with Gasteiger partial charge in [0.1, 0.15) is 0 Å². The van der Waals surface area contributed by atoms with E-state index >= 15 is 0 Å². The Hall–Kier alpha value is -0.930. The molecular weight excluding hydrogens is 285 g/mol. The number of carboxylic acids is 1. The second-order valence-electron chi connectivity index (χ2n) is 4.47. The molecule has 19 heavy (non-hydrogen) atoms. The van der Waals surface area contributed by atoms with Crippen molar-refractivity contribution in [2.45, 2.75) is 13.3 Å². The molecule has 0 radical (unpaired) electrons. The maximum atomic E-state index is 10.8. The van der Waals surface area contributed by atoms with E-state index < -0.39 is 5.97 Å². The molecule has 0 spiro atoms. The number of carbonyl (C=O) groups is 1. The molecule has 0 aliphatic carbocycles. The summed E-state index contributed by atoms with van der Waals surface area (Å²) in [5.74, 6) is -0.0359. The number of nitrogens with zero attached hydrogens (tertiary/aromatic N) is 1. The average Bonchev–Trinajstić information content (AvgIpc) is 2.39. The van der Waals surface area contributed by atoms with Crippen LogP contribution in [0.2, 0.25) is 0 Å². The highest BCUT2D eigenvalue weighted by atomic mass is 35.5. The summed E-state index contributed by atoms with van der Waals surface area (Å²) >= 11 is 11.5. The topological polar surface area (TPSA) is 40.5 Å². The molecule has 3 nitrogen and oxygen atoms in total. The molecule has 0 unspecified atom stereocenters. The second kappa shape index (κ2) is 8.28. The molecule has 0 bridgehead atoms. The molecule has 1 N–H and O–H groups in total. The number of benzene rings is 1. The normalized spacial score (nSPS) is 12.2. The quantitative estimate of drug-likeness (QED) is 0.750. The van der Waals surface area contributed by atoms with Gasteiger partial charge in [-0.1, -0.05) is 19.1 Å². The van der Waals surface area contributed by atoms with E-state index in [1.54, 1.807) is 6.92 Å². The molecule has 0 saturated carbocycles. The Morgan fingerprint density at radius 3 is 2.16 bits per heavy atom. The van der Waals surface area contributed by atoms with Gasteiger partial charge in [0.15, 0.2) is 0 Å². The summed E-state index contributed by atoms with van der Waals surface area (Å²) in [6, 6.07) is 7.90. The molecule has 0 amide bonds. The van der Waals surface area contributed by atoms with Gasteiger partial charge in [-0.05, 0) is 24.1 Å². The minimum absolute atomic E-state index is 0.368. The van der Waals surface area contributed by atoms with Crippen LogP contribution in [0.1, 0.15) is 12.5 Å². The highest BCUT2D eigenvalue weighted by Crippen LogP contribution is 2.17. The first-order chi connectivity index (χ1) is 9.08. The van der Waals surface area contributed by atoms with Gasteiger partial charge in [0.05, 0.1) is 5.92 Å². The zero-order valence-electron chi connectivity index (χ0n) is 11.0. The first-order valence-corrected chi connectivity index (χ1v) is 7.34. The molecular formula is C14H19Cl2NO2. The van der Waals surface area contributed by atoms with Crippen LogP contribution in [0.3, 0.4) is 0 Å². The zero-order valence-corrected chi connectivity index (χ0v) is 12.5. The van der Waals surface area contributed by atoms with E-state index in [0.29, 0.717) is 18.2 Å². The van der Waals surface area contributed by atoms with Crippen molar-refractivity contribution in [2.24, 2.45) is 5.92 Å². The zero-order chi connectivity index (χ0) is 14.3. The summed E-state index contributed by atoms with van der Waals surface area (Å²) in [4.78, 5) is 12.9. The number of hydrogen-bond donors (Lipinski definition) is 1. The molecule has 0 heterocycles. The van der Waals surface area contributed by atoms with Crippen molar-refractivity contribution in [1.82, 2.24) is 0 Å². The number of rotatable bonds is 8. The van der Waals surface area contributed by atoms with Crippen molar-refractivity contribution in [3.05, 3.63) is 29.8 Å². The van der Waals surface area contributed by atoms with Crippen LogP contribution in [-0.4, -0.2) is 35.9 Å². The SMILES string of the molecule is C[C@@H](Cc1ccc(N(CCCl)CCCl)cc1)C(=O)O. The van der Waals surface area contributed by atoms with Crippen LogP contribution >= 0.6 is 23.2 Å². The lowest BCUT2D eigenvalue weighted by Gasteiger charge is -2.23.